The number of thiophene rings is 2. The van der Waals surface area contributed by atoms with Crippen molar-refractivity contribution in [1.82, 2.24) is 0 Å². The minimum absolute atomic E-state index is 1.13. The average Bonchev–Trinajstić information content (AvgIpc) is 3.74. The Morgan fingerprint density at radius 2 is 1.02 bits per heavy atom. The van der Waals surface area contributed by atoms with Gasteiger partial charge in [0.25, 0.3) is 0 Å². The van der Waals surface area contributed by atoms with E-state index in [1.165, 1.54) is 79.1 Å². The Morgan fingerprint density at radius 3 is 1.90 bits per heavy atom. The molecule has 0 amide bonds. The van der Waals surface area contributed by atoms with Crippen LogP contribution in [-0.4, -0.2) is 0 Å². The first-order valence-electron chi connectivity index (χ1n) is 16.6. The van der Waals surface area contributed by atoms with Gasteiger partial charge in [-0.2, -0.15) is 0 Å². The SMILES string of the molecule is c1ccc(-c2cccc3c2sc2c(N(c4ccc(-c5ccc6c(c5)sc5ccccc56)cc4)c4ccc5ccccc5c4)cccc23)cc1. The molecule has 0 fully saturated rings. The Labute approximate surface area is 292 Å². The fraction of sp³-hybridized carbons (Fsp3) is 0. The zero-order valence-corrected chi connectivity index (χ0v) is 28.1. The summed E-state index contributed by atoms with van der Waals surface area (Å²) in [5.41, 5.74) is 8.45. The molecular weight excluding hydrogens is 631 g/mol. The monoisotopic (exact) mass is 659 g/mol. The maximum atomic E-state index is 2.44. The number of nitrogens with zero attached hydrogens (tertiary/aromatic N) is 1. The van der Waals surface area contributed by atoms with Crippen LogP contribution in [-0.2, 0) is 0 Å². The molecule has 8 aromatic carbocycles. The Bertz CT molecular complexity index is 2830. The number of hydrogen-bond donors (Lipinski definition) is 0. The molecule has 0 atom stereocenters. The summed E-state index contributed by atoms with van der Waals surface area (Å²) in [4.78, 5) is 2.44. The predicted molar refractivity (Wildman–Crippen MR) is 215 cm³/mol. The van der Waals surface area contributed by atoms with E-state index in [1.54, 1.807) is 0 Å². The van der Waals surface area contributed by atoms with Gasteiger partial charge in [0.1, 0.15) is 0 Å². The van der Waals surface area contributed by atoms with Crippen molar-refractivity contribution >= 4 is 90.9 Å². The molecule has 10 rings (SSSR count). The van der Waals surface area contributed by atoms with Gasteiger partial charge in [0.15, 0.2) is 0 Å². The van der Waals surface area contributed by atoms with Crippen LogP contribution in [0.15, 0.2) is 176 Å². The smallest absolute Gasteiger partial charge is 0.0640 e. The van der Waals surface area contributed by atoms with E-state index in [0.29, 0.717) is 0 Å². The van der Waals surface area contributed by atoms with Gasteiger partial charge in [-0.3, -0.25) is 0 Å². The standard InChI is InChI=1S/C46H29NS2/c1-2-11-32(12-3-1)37-15-8-16-40-41-17-9-18-42(46(41)49-45(37)40)47(36-26-22-30-10-4-5-13-33(30)28-36)35-24-20-31(21-25-35)34-23-27-39-38-14-6-7-19-43(38)48-44(39)29-34/h1-29H. The summed E-state index contributed by atoms with van der Waals surface area (Å²) < 4.78 is 5.27. The second-order valence-corrected chi connectivity index (χ2v) is 14.6. The lowest BCUT2D eigenvalue weighted by Gasteiger charge is -2.26. The maximum Gasteiger partial charge on any atom is 0.0640 e. The van der Waals surface area contributed by atoms with Gasteiger partial charge in [0.05, 0.1) is 10.4 Å². The fourth-order valence-corrected chi connectivity index (χ4v) is 9.76. The molecule has 10 aromatic rings. The molecule has 0 aliphatic rings. The van der Waals surface area contributed by atoms with Crippen molar-refractivity contribution in [2.75, 3.05) is 4.90 Å². The summed E-state index contributed by atoms with van der Waals surface area (Å²) in [6.45, 7) is 0. The highest BCUT2D eigenvalue weighted by Crippen LogP contribution is 2.47. The Morgan fingerprint density at radius 1 is 0.347 bits per heavy atom. The molecule has 0 saturated carbocycles. The van der Waals surface area contributed by atoms with E-state index < -0.39 is 0 Å². The summed E-state index contributed by atoms with van der Waals surface area (Å²) in [7, 11) is 0. The van der Waals surface area contributed by atoms with E-state index in [9.17, 15) is 0 Å². The molecular formula is C46H29NS2. The third kappa shape index (κ3) is 4.74. The van der Waals surface area contributed by atoms with E-state index in [2.05, 4.69) is 181 Å². The molecule has 2 heterocycles. The zero-order chi connectivity index (χ0) is 32.3. The van der Waals surface area contributed by atoms with Crippen LogP contribution in [0.25, 0.3) is 73.4 Å². The van der Waals surface area contributed by atoms with Gasteiger partial charge >= 0.3 is 0 Å². The van der Waals surface area contributed by atoms with Crippen LogP contribution < -0.4 is 4.90 Å². The summed E-state index contributed by atoms with van der Waals surface area (Å²) in [6, 6.07) is 64.4. The van der Waals surface area contributed by atoms with Crippen molar-refractivity contribution in [1.29, 1.82) is 0 Å². The Kier molecular flexibility index (Phi) is 6.61. The predicted octanol–water partition coefficient (Wildman–Crippen LogP) is 14.4. The van der Waals surface area contributed by atoms with Gasteiger partial charge in [-0.25, -0.2) is 0 Å². The molecule has 0 spiro atoms. The third-order valence-corrected chi connectivity index (χ3v) is 12.1. The molecule has 0 radical (unpaired) electrons. The van der Waals surface area contributed by atoms with Gasteiger partial charge in [-0.05, 0) is 75.5 Å². The van der Waals surface area contributed by atoms with Crippen LogP contribution in [0, 0.1) is 0 Å². The highest BCUT2D eigenvalue weighted by Gasteiger charge is 2.20. The van der Waals surface area contributed by atoms with Gasteiger partial charge < -0.3 is 4.90 Å². The number of fused-ring (bicyclic) bond motifs is 7. The van der Waals surface area contributed by atoms with Crippen molar-refractivity contribution in [3.63, 3.8) is 0 Å². The summed E-state index contributed by atoms with van der Waals surface area (Å²) in [5, 5.41) is 7.72. The summed E-state index contributed by atoms with van der Waals surface area (Å²) in [5.74, 6) is 0. The van der Waals surface area contributed by atoms with Gasteiger partial charge in [-0.15, -0.1) is 22.7 Å². The van der Waals surface area contributed by atoms with Crippen LogP contribution in [0.1, 0.15) is 0 Å². The fourth-order valence-electron chi connectivity index (χ4n) is 7.28. The van der Waals surface area contributed by atoms with Crippen molar-refractivity contribution in [2.45, 2.75) is 0 Å². The number of anilines is 3. The van der Waals surface area contributed by atoms with Gasteiger partial charge in [0.2, 0.25) is 0 Å². The highest BCUT2D eigenvalue weighted by atomic mass is 32.1. The minimum Gasteiger partial charge on any atom is -0.309 e. The molecule has 0 unspecified atom stereocenters. The lowest BCUT2D eigenvalue weighted by Crippen LogP contribution is -2.10. The van der Waals surface area contributed by atoms with E-state index in [1.807, 2.05) is 22.7 Å². The molecule has 0 bridgehead atoms. The highest BCUT2D eigenvalue weighted by molar-refractivity contribution is 7.27. The molecule has 0 aliphatic heterocycles. The molecule has 3 heteroatoms. The first-order valence-corrected chi connectivity index (χ1v) is 18.2. The Hall–Kier alpha value is -5.74. The Balaban J connectivity index is 1.14. The van der Waals surface area contributed by atoms with Crippen LogP contribution in [0.4, 0.5) is 17.1 Å². The van der Waals surface area contributed by atoms with Crippen LogP contribution in [0.5, 0.6) is 0 Å². The second-order valence-electron chi connectivity index (χ2n) is 12.5. The minimum atomic E-state index is 1.13. The van der Waals surface area contributed by atoms with Crippen LogP contribution in [0.3, 0.4) is 0 Å². The lowest BCUT2D eigenvalue weighted by atomic mass is 10.0. The van der Waals surface area contributed by atoms with E-state index >= 15 is 0 Å². The summed E-state index contributed by atoms with van der Waals surface area (Å²) in [6.07, 6.45) is 0. The summed E-state index contributed by atoms with van der Waals surface area (Å²) >= 11 is 3.76. The molecule has 0 N–H and O–H groups in total. The average molecular weight is 660 g/mol. The van der Waals surface area contributed by atoms with Gasteiger partial charge in [-0.1, -0.05) is 133 Å². The van der Waals surface area contributed by atoms with Crippen molar-refractivity contribution in [3.8, 4) is 22.3 Å². The lowest BCUT2D eigenvalue weighted by molar-refractivity contribution is 1.31. The third-order valence-electron chi connectivity index (χ3n) is 9.66. The van der Waals surface area contributed by atoms with Crippen LogP contribution >= 0.6 is 22.7 Å². The number of benzene rings is 8. The molecule has 2 aromatic heterocycles. The molecule has 49 heavy (non-hydrogen) atoms. The van der Waals surface area contributed by atoms with E-state index in [0.717, 1.165) is 11.4 Å². The maximum absolute atomic E-state index is 2.44. The normalized spacial score (nSPS) is 11.7. The quantitative estimate of drug-likeness (QED) is 0.178. The van der Waals surface area contributed by atoms with E-state index in [-0.39, 0.29) is 0 Å². The van der Waals surface area contributed by atoms with Gasteiger partial charge in [0, 0.05) is 47.0 Å². The van der Waals surface area contributed by atoms with E-state index in [4.69, 9.17) is 0 Å². The number of hydrogen-bond acceptors (Lipinski definition) is 3. The zero-order valence-electron chi connectivity index (χ0n) is 26.5. The number of rotatable bonds is 5. The largest absolute Gasteiger partial charge is 0.309 e. The first-order chi connectivity index (χ1) is 24.3. The molecule has 0 saturated heterocycles. The van der Waals surface area contributed by atoms with Crippen molar-refractivity contribution in [3.05, 3.63) is 176 Å². The molecule has 230 valence electrons. The first kappa shape index (κ1) is 28.3. The van der Waals surface area contributed by atoms with Crippen LogP contribution in [0.2, 0.25) is 0 Å². The van der Waals surface area contributed by atoms with Crippen molar-refractivity contribution in [2.24, 2.45) is 0 Å². The molecule has 0 aliphatic carbocycles. The second kappa shape index (κ2) is 11.5. The topological polar surface area (TPSA) is 3.24 Å². The molecule has 1 nitrogen and oxygen atoms in total. The van der Waals surface area contributed by atoms with Crippen molar-refractivity contribution < 1.29 is 0 Å².